The van der Waals surface area contributed by atoms with Gasteiger partial charge in [-0.2, -0.15) is 0 Å². The van der Waals surface area contributed by atoms with Gasteiger partial charge in [-0.15, -0.1) is 0 Å². The molecule has 1 heterocycles. The predicted octanol–water partition coefficient (Wildman–Crippen LogP) is 3.69. The molecular weight excluding hydrogens is 344 g/mol. The average Bonchev–Trinajstić information content (AvgIpc) is 3.19. The highest BCUT2D eigenvalue weighted by molar-refractivity contribution is 5.93. The third-order valence-corrected chi connectivity index (χ3v) is 4.18. The lowest BCUT2D eigenvalue weighted by Gasteiger charge is -2.13. The molecular formula is C21H26N2O4. The first-order valence-electron chi connectivity index (χ1n) is 9.34. The van der Waals surface area contributed by atoms with E-state index >= 15 is 0 Å². The van der Waals surface area contributed by atoms with Crippen LogP contribution in [0.1, 0.15) is 19.8 Å². The van der Waals surface area contributed by atoms with Gasteiger partial charge in [0.1, 0.15) is 18.1 Å². The summed E-state index contributed by atoms with van der Waals surface area (Å²) in [7, 11) is 0. The third-order valence-electron chi connectivity index (χ3n) is 4.18. The second-order valence-electron chi connectivity index (χ2n) is 6.34. The van der Waals surface area contributed by atoms with Crippen LogP contribution in [0, 0.1) is 0 Å². The lowest BCUT2D eigenvalue weighted by molar-refractivity contribution is -0.114. The Morgan fingerprint density at radius 1 is 1.11 bits per heavy atom. The van der Waals surface area contributed by atoms with Crippen LogP contribution >= 0.6 is 0 Å². The number of ether oxygens (including phenoxy) is 3. The van der Waals surface area contributed by atoms with Crippen LogP contribution in [0.5, 0.6) is 11.5 Å². The Balaban J connectivity index is 1.46. The SMILES string of the molecule is CCOc1cccc(NC(=O)CNc2cccc(OCC3CCCO3)c2)c1. The van der Waals surface area contributed by atoms with Crippen LogP contribution in [0.3, 0.4) is 0 Å². The molecule has 0 radical (unpaired) electrons. The van der Waals surface area contributed by atoms with Crippen molar-refractivity contribution in [3.63, 3.8) is 0 Å². The van der Waals surface area contributed by atoms with E-state index in [0.717, 1.165) is 36.6 Å². The third kappa shape index (κ3) is 6.18. The van der Waals surface area contributed by atoms with Crippen molar-refractivity contribution in [2.24, 2.45) is 0 Å². The van der Waals surface area contributed by atoms with E-state index in [0.29, 0.717) is 18.9 Å². The fourth-order valence-corrected chi connectivity index (χ4v) is 2.88. The molecule has 1 aliphatic rings. The number of anilines is 2. The monoisotopic (exact) mass is 370 g/mol. The first-order chi connectivity index (χ1) is 13.2. The molecule has 144 valence electrons. The number of benzene rings is 2. The average molecular weight is 370 g/mol. The molecule has 3 rings (SSSR count). The minimum Gasteiger partial charge on any atom is -0.494 e. The zero-order valence-corrected chi connectivity index (χ0v) is 15.6. The van der Waals surface area contributed by atoms with Gasteiger partial charge in [0.15, 0.2) is 0 Å². The molecule has 6 nitrogen and oxygen atoms in total. The highest BCUT2D eigenvalue weighted by atomic mass is 16.5. The lowest BCUT2D eigenvalue weighted by atomic mass is 10.2. The van der Waals surface area contributed by atoms with Crippen LogP contribution in [0.4, 0.5) is 11.4 Å². The number of carbonyl (C=O) groups is 1. The van der Waals surface area contributed by atoms with Crippen LogP contribution < -0.4 is 20.1 Å². The van der Waals surface area contributed by atoms with E-state index in [1.54, 1.807) is 6.07 Å². The predicted molar refractivity (Wildman–Crippen MR) is 106 cm³/mol. The molecule has 6 heteroatoms. The van der Waals surface area contributed by atoms with E-state index in [9.17, 15) is 4.79 Å². The summed E-state index contributed by atoms with van der Waals surface area (Å²) in [6.07, 6.45) is 2.32. The molecule has 0 aliphatic carbocycles. The molecule has 1 atom stereocenters. The molecule has 2 aromatic carbocycles. The summed E-state index contributed by atoms with van der Waals surface area (Å²) >= 11 is 0. The van der Waals surface area contributed by atoms with Gasteiger partial charge in [-0.1, -0.05) is 12.1 Å². The van der Waals surface area contributed by atoms with Gasteiger partial charge in [0, 0.05) is 30.1 Å². The first kappa shape index (κ1) is 19.0. The van der Waals surface area contributed by atoms with E-state index in [-0.39, 0.29) is 18.6 Å². The van der Waals surface area contributed by atoms with Crippen molar-refractivity contribution >= 4 is 17.3 Å². The highest BCUT2D eigenvalue weighted by Gasteiger charge is 2.16. The number of amides is 1. The summed E-state index contributed by atoms with van der Waals surface area (Å²) < 4.78 is 16.8. The van der Waals surface area contributed by atoms with Crippen LogP contribution in [-0.4, -0.2) is 38.4 Å². The smallest absolute Gasteiger partial charge is 0.243 e. The van der Waals surface area contributed by atoms with Gasteiger partial charge in [0.2, 0.25) is 5.91 Å². The Hall–Kier alpha value is -2.73. The van der Waals surface area contributed by atoms with E-state index in [4.69, 9.17) is 14.2 Å². The standard InChI is InChI=1S/C21H26N2O4/c1-2-25-18-8-4-7-17(13-18)23-21(24)14-22-16-6-3-9-19(12-16)27-15-20-10-5-11-26-20/h3-4,6-9,12-13,20,22H,2,5,10-11,14-15H2,1H3,(H,23,24). The number of nitrogens with one attached hydrogen (secondary N) is 2. The van der Waals surface area contributed by atoms with Crippen molar-refractivity contribution in [1.82, 2.24) is 0 Å². The molecule has 0 aromatic heterocycles. The summed E-state index contributed by atoms with van der Waals surface area (Å²) in [6, 6.07) is 14.9. The maximum atomic E-state index is 12.2. The normalized spacial score (nSPS) is 16.0. The minimum atomic E-state index is -0.130. The summed E-state index contributed by atoms with van der Waals surface area (Å²) in [5.74, 6) is 1.37. The number of rotatable bonds is 9. The molecule has 2 N–H and O–H groups in total. The van der Waals surface area contributed by atoms with Crippen molar-refractivity contribution in [2.45, 2.75) is 25.9 Å². The Kier molecular flexibility index (Phi) is 6.93. The van der Waals surface area contributed by atoms with E-state index in [2.05, 4.69) is 10.6 Å². The largest absolute Gasteiger partial charge is 0.494 e. The van der Waals surface area contributed by atoms with Crippen LogP contribution in [0.15, 0.2) is 48.5 Å². The number of hydrogen-bond acceptors (Lipinski definition) is 5. The summed E-state index contributed by atoms with van der Waals surface area (Å²) in [6.45, 7) is 4.05. The van der Waals surface area contributed by atoms with Crippen molar-refractivity contribution in [3.05, 3.63) is 48.5 Å². The van der Waals surface area contributed by atoms with Gasteiger partial charge >= 0.3 is 0 Å². The molecule has 1 amide bonds. The molecule has 0 spiro atoms. The maximum absolute atomic E-state index is 12.2. The summed E-state index contributed by atoms with van der Waals surface area (Å²) in [5.41, 5.74) is 1.54. The number of hydrogen-bond donors (Lipinski definition) is 2. The summed E-state index contributed by atoms with van der Waals surface area (Å²) in [5, 5.41) is 5.98. The molecule has 1 fully saturated rings. The van der Waals surface area contributed by atoms with Crippen LogP contribution in [0.2, 0.25) is 0 Å². The van der Waals surface area contributed by atoms with E-state index in [1.165, 1.54) is 0 Å². The lowest BCUT2D eigenvalue weighted by Crippen LogP contribution is -2.21. The molecule has 1 aliphatic heterocycles. The molecule has 1 unspecified atom stereocenters. The van der Waals surface area contributed by atoms with E-state index < -0.39 is 0 Å². The Morgan fingerprint density at radius 2 is 1.85 bits per heavy atom. The number of carbonyl (C=O) groups excluding carboxylic acids is 1. The van der Waals surface area contributed by atoms with Gasteiger partial charge in [-0.25, -0.2) is 0 Å². The van der Waals surface area contributed by atoms with Gasteiger partial charge in [-0.3, -0.25) is 4.79 Å². The second kappa shape index (κ2) is 9.83. The zero-order valence-electron chi connectivity index (χ0n) is 15.6. The van der Waals surface area contributed by atoms with Crippen molar-refractivity contribution in [2.75, 3.05) is 37.0 Å². The zero-order chi connectivity index (χ0) is 18.9. The Bertz CT molecular complexity index is 744. The maximum Gasteiger partial charge on any atom is 0.243 e. The Labute approximate surface area is 159 Å². The molecule has 0 saturated carbocycles. The molecule has 27 heavy (non-hydrogen) atoms. The molecule has 2 aromatic rings. The van der Waals surface area contributed by atoms with E-state index in [1.807, 2.05) is 49.4 Å². The fraction of sp³-hybridized carbons (Fsp3) is 0.381. The Morgan fingerprint density at radius 3 is 2.59 bits per heavy atom. The molecule has 1 saturated heterocycles. The quantitative estimate of drug-likeness (QED) is 0.704. The molecule has 0 bridgehead atoms. The van der Waals surface area contributed by atoms with Crippen molar-refractivity contribution in [1.29, 1.82) is 0 Å². The first-order valence-corrected chi connectivity index (χ1v) is 9.34. The van der Waals surface area contributed by atoms with Gasteiger partial charge in [0.25, 0.3) is 0 Å². The van der Waals surface area contributed by atoms with Gasteiger partial charge < -0.3 is 24.8 Å². The summed E-state index contributed by atoms with van der Waals surface area (Å²) in [4.78, 5) is 12.2. The highest BCUT2D eigenvalue weighted by Crippen LogP contribution is 2.20. The van der Waals surface area contributed by atoms with Gasteiger partial charge in [-0.05, 0) is 44.0 Å². The minimum absolute atomic E-state index is 0.130. The van der Waals surface area contributed by atoms with Crippen molar-refractivity contribution < 1.29 is 19.0 Å². The van der Waals surface area contributed by atoms with Crippen LogP contribution in [-0.2, 0) is 9.53 Å². The fourth-order valence-electron chi connectivity index (χ4n) is 2.88. The van der Waals surface area contributed by atoms with Crippen molar-refractivity contribution in [3.8, 4) is 11.5 Å². The topological polar surface area (TPSA) is 68.8 Å². The van der Waals surface area contributed by atoms with Gasteiger partial charge in [0.05, 0.1) is 19.3 Å². The van der Waals surface area contributed by atoms with Crippen LogP contribution in [0.25, 0.3) is 0 Å². The second-order valence-corrected chi connectivity index (χ2v) is 6.34.